The summed E-state index contributed by atoms with van der Waals surface area (Å²) in [6.07, 6.45) is 1.91. The predicted molar refractivity (Wildman–Crippen MR) is 132 cm³/mol. The lowest BCUT2D eigenvalue weighted by Crippen LogP contribution is -2.25. The van der Waals surface area contributed by atoms with E-state index >= 15 is 0 Å². The molecule has 2 aromatic carbocycles. The summed E-state index contributed by atoms with van der Waals surface area (Å²) in [4.78, 5) is 11.1. The van der Waals surface area contributed by atoms with Gasteiger partial charge in [-0.3, -0.25) is 4.79 Å². The number of phenols is 2. The molecule has 10 heteroatoms. The number of rotatable bonds is 5. The highest BCUT2D eigenvalue weighted by molar-refractivity contribution is 9.13. The number of hydrogen-bond acceptors (Lipinski definition) is 5. The Morgan fingerprint density at radius 2 is 1.73 bits per heavy atom. The van der Waals surface area contributed by atoms with Gasteiger partial charge in [0.1, 0.15) is 0 Å². The lowest BCUT2D eigenvalue weighted by atomic mass is 10.1. The van der Waals surface area contributed by atoms with Gasteiger partial charge >= 0.3 is 0 Å². The van der Waals surface area contributed by atoms with Crippen molar-refractivity contribution in [3.8, 4) is 23.0 Å². The van der Waals surface area contributed by atoms with Crippen LogP contribution in [-0.4, -0.2) is 36.9 Å². The molecule has 2 rings (SSSR count). The first-order valence-electron chi connectivity index (χ1n) is 8.43. The van der Waals surface area contributed by atoms with Crippen molar-refractivity contribution in [1.82, 2.24) is 5.32 Å². The molecule has 2 aromatic rings. The molecule has 0 bridgehead atoms. The highest BCUT2D eigenvalue weighted by atomic mass is 79.9. The van der Waals surface area contributed by atoms with E-state index in [-0.39, 0.29) is 24.0 Å². The molecule has 0 fully saturated rings. The first-order chi connectivity index (χ1) is 14.0. The average molecular weight is 675 g/mol. The number of likely N-dealkylation sites (N-methyl/N-ethyl adjacent to an activating group) is 1. The molecule has 0 saturated heterocycles. The number of allylic oxidation sites excluding steroid dienone is 1. The molecule has 164 valence electrons. The molecule has 0 aliphatic carbocycles. The minimum Gasteiger partial charge on any atom is -0.504 e. The zero-order valence-electron chi connectivity index (χ0n) is 16.6. The minimum atomic E-state index is -0.197. The number of carbonyl (C=O) groups is 1. The number of carbonyl (C=O) groups excluding carboxylic acids is 1. The summed E-state index contributed by atoms with van der Waals surface area (Å²) < 4.78 is 13.3. The third-order valence-corrected chi connectivity index (χ3v) is 6.66. The summed E-state index contributed by atoms with van der Waals surface area (Å²) in [7, 11) is 3.10. The quantitative estimate of drug-likeness (QED) is 0.320. The Bertz CT molecular complexity index is 944. The van der Waals surface area contributed by atoms with Gasteiger partial charge in [-0.1, -0.05) is 27.6 Å². The third kappa shape index (κ3) is 7.79. The van der Waals surface area contributed by atoms with Gasteiger partial charge in [0.2, 0.25) is 0 Å². The molecule has 0 aliphatic heterocycles. The SMILES string of the molecule is CC(C)=Cc1cc(O)c(O)c(Br)c1Br.CNC(=O)COc1c(Br)cc(Br)cc1OC. The molecule has 0 radical (unpaired) electrons. The first-order valence-corrected chi connectivity index (χ1v) is 11.6. The number of halogens is 4. The van der Waals surface area contributed by atoms with Crippen LogP contribution in [0.2, 0.25) is 0 Å². The van der Waals surface area contributed by atoms with Gasteiger partial charge in [-0.05, 0) is 85.4 Å². The van der Waals surface area contributed by atoms with Crippen molar-refractivity contribution in [3.63, 3.8) is 0 Å². The average Bonchev–Trinajstić information content (AvgIpc) is 2.69. The van der Waals surface area contributed by atoms with E-state index < -0.39 is 0 Å². The van der Waals surface area contributed by atoms with Gasteiger partial charge < -0.3 is 25.0 Å². The van der Waals surface area contributed by atoms with E-state index in [1.165, 1.54) is 6.07 Å². The Balaban J connectivity index is 0.000000303. The highest BCUT2D eigenvalue weighted by Gasteiger charge is 2.13. The molecular formula is C20H21Br4NO5. The summed E-state index contributed by atoms with van der Waals surface area (Å²) >= 11 is 13.2. The molecule has 0 aliphatic rings. The highest BCUT2D eigenvalue weighted by Crippen LogP contribution is 2.41. The van der Waals surface area contributed by atoms with Crippen molar-refractivity contribution < 1.29 is 24.5 Å². The van der Waals surface area contributed by atoms with Gasteiger partial charge in [-0.15, -0.1) is 0 Å². The standard InChI is InChI=1S/C10H11Br2NO3.C10H10Br2O2/c1-13-9(14)5-16-10-7(12)3-6(11)4-8(10)15-2;1-5(2)3-6-4-7(13)10(14)9(12)8(6)11/h3-4H,5H2,1-2H3,(H,13,14);3-4,13-14H,1-2H3. The lowest BCUT2D eigenvalue weighted by Gasteiger charge is -2.12. The second-order valence-electron chi connectivity index (χ2n) is 6.06. The maximum absolute atomic E-state index is 11.1. The molecule has 0 unspecified atom stereocenters. The van der Waals surface area contributed by atoms with Crippen LogP contribution in [0.1, 0.15) is 19.4 Å². The van der Waals surface area contributed by atoms with Crippen LogP contribution in [0.25, 0.3) is 6.08 Å². The second kappa shape index (κ2) is 12.6. The molecule has 0 aromatic heterocycles. The topological polar surface area (TPSA) is 88.0 Å². The zero-order valence-corrected chi connectivity index (χ0v) is 23.0. The van der Waals surface area contributed by atoms with Gasteiger partial charge in [-0.2, -0.15) is 0 Å². The number of methoxy groups -OCH3 is 1. The number of ether oxygens (including phenoxy) is 2. The Kier molecular flexibility index (Phi) is 11.2. The Morgan fingerprint density at radius 1 is 1.10 bits per heavy atom. The molecule has 0 saturated carbocycles. The molecule has 0 atom stereocenters. The molecule has 0 heterocycles. The third-order valence-electron chi connectivity index (χ3n) is 3.45. The van der Waals surface area contributed by atoms with Crippen LogP contribution < -0.4 is 14.8 Å². The largest absolute Gasteiger partial charge is 0.504 e. The van der Waals surface area contributed by atoms with Crippen LogP contribution in [-0.2, 0) is 4.79 Å². The van der Waals surface area contributed by atoms with Gasteiger partial charge in [-0.25, -0.2) is 0 Å². The number of benzene rings is 2. The van der Waals surface area contributed by atoms with Crippen molar-refractivity contribution in [2.24, 2.45) is 0 Å². The van der Waals surface area contributed by atoms with Crippen molar-refractivity contribution in [2.75, 3.05) is 20.8 Å². The van der Waals surface area contributed by atoms with Gasteiger partial charge in [0.25, 0.3) is 5.91 Å². The van der Waals surface area contributed by atoms with Crippen LogP contribution in [0.4, 0.5) is 0 Å². The Labute approximate surface area is 209 Å². The number of nitrogens with one attached hydrogen (secondary N) is 1. The van der Waals surface area contributed by atoms with Gasteiger partial charge in [0.05, 0.1) is 16.1 Å². The van der Waals surface area contributed by atoms with E-state index in [4.69, 9.17) is 9.47 Å². The smallest absolute Gasteiger partial charge is 0.257 e. The minimum absolute atomic E-state index is 0.0485. The fourth-order valence-electron chi connectivity index (χ4n) is 2.08. The van der Waals surface area contributed by atoms with Crippen molar-refractivity contribution in [1.29, 1.82) is 0 Å². The van der Waals surface area contributed by atoms with Crippen LogP contribution in [0, 0.1) is 0 Å². The fourth-order valence-corrected chi connectivity index (χ4v) is 4.23. The van der Waals surface area contributed by atoms with Crippen molar-refractivity contribution >= 4 is 75.7 Å². The summed E-state index contributed by atoms with van der Waals surface area (Å²) in [5, 5.41) is 21.3. The summed E-state index contributed by atoms with van der Waals surface area (Å²) in [6.45, 7) is 3.88. The van der Waals surface area contributed by atoms with Crippen molar-refractivity contribution in [3.05, 3.63) is 47.2 Å². The van der Waals surface area contributed by atoms with E-state index in [1.54, 1.807) is 20.2 Å². The molecule has 0 spiro atoms. The fraction of sp³-hybridized carbons (Fsp3) is 0.250. The normalized spacial score (nSPS) is 9.87. The second-order valence-corrected chi connectivity index (χ2v) is 9.42. The molecular weight excluding hydrogens is 654 g/mol. The molecule has 6 nitrogen and oxygen atoms in total. The van der Waals surface area contributed by atoms with Crippen molar-refractivity contribution in [2.45, 2.75) is 13.8 Å². The molecule has 3 N–H and O–H groups in total. The predicted octanol–water partition coefficient (Wildman–Crippen LogP) is 6.39. The zero-order chi connectivity index (χ0) is 23.0. The Morgan fingerprint density at radius 3 is 2.27 bits per heavy atom. The van der Waals surface area contributed by atoms with Crippen LogP contribution in [0.15, 0.2) is 41.7 Å². The Hall–Kier alpha value is -1.23. The van der Waals surface area contributed by atoms with E-state index in [0.717, 1.165) is 24.6 Å². The summed E-state index contributed by atoms with van der Waals surface area (Å²) in [6, 6.07) is 5.10. The summed E-state index contributed by atoms with van der Waals surface area (Å²) in [5.74, 6) is 0.590. The number of phenolic OH excluding ortho intramolecular Hbond substituents is 2. The lowest BCUT2D eigenvalue weighted by molar-refractivity contribution is -0.122. The number of hydrogen-bond donors (Lipinski definition) is 3. The van der Waals surface area contributed by atoms with Crippen LogP contribution in [0.3, 0.4) is 0 Å². The maximum atomic E-state index is 11.1. The van der Waals surface area contributed by atoms with E-state index in [9.17, 15) is 15.0 Å². The molecule has 30 heavy (non-hydrogen) atoms. The van der Waals surface area contributed by atoms with Gasteiger partial charge in [0, 0.05) is 16.0 Å². The maximum Gasteiger partial charge on any atom is 0.257 e. The van der Waals surface area contributed by atoms with E-state index in [0.29, 0.717) is 16.0 Å². The van der Waals surface area contributed by atoms with E-state index in [2.05, 4.69) is 69.0 Å². The van der Waals surface area contributed by atoms with Gasteiger partial charge in [0.15, 0.2) is 29.6 Å². The van der Waals surface area contributed by atoms with E-state index in [1.807, 2.05) is 26.0 Å². The summed E-state index contributed by atoms with van der Waals surface area (Å²) in [5.41, 5.74) is 1.94. The molecule has 1 amide bonds. The van der Waals surface area contributed by atoms with Crippen LogP contribution >= 0.6 is 63.7 Å². The number of aromatic hydroxyl groups is 2. The number of amides is 1. The first kappa shape index (κ1) is 26.8. The monoisotopic (exact) mass is 671 g/mol. The van der Waals surface area contributed by atoms with Crippen LogP contribution in [0.5, 0.6) is 23.0 Å².